The Kier molecular flexibility index (Phi) is 4.46. The number of carbonyl (C=O) groups excluding carboxylic acids is 3. The molecule has 0 spiro atoms. The molecule has 114 valence electrons. The quantitative estimate of drug-likeness (QED) is 0.774. The van der Waals surface area contributed by atoms with Gasteiger partial charge in [0.25, 0.3) is 0 Å². The van der Waals surface area contributed by atoms with Gasteiger partial charge >= 0.3 is 5.97 Å². The van der Waals surface area contributed by atoms with E-state index in [0.29, 0.717) is 6.54 Å². The summed E-state index contributed by atoms with van der Waals surface area (Å²) >= 11 is 0. The summed E-state index contributed by atoms with van der Waals surface area (Å²) in [5.41, 5.74) is -1.39. The summed E-state index contributed by atoms with van der Waals surface area (Å²) in [5, 5.41) is 2.65. The van der Waals surface area contributed by atoms with Crippen molar-refractivity contribution in [1.29, 1.82) is 0 Å². The van der Waals surface area contributed by atoms with Crippen LogP contribution in [0.15, 0.2) is 0 Å². The van der Waals surface area contributed by atoms with E-state index in [4.69, 9.17) is 0 Å². The van der Waals surface area contributed by atoms with Gasteiger partial charge in [-0.25, -0.2) is 4.79 Å². The van der Waals surface area contributed by atoms with Gasteiger partial charge in [-0.05, 0) is 34.6 Å². The van der Waals surface area contributed by atoms with E-state index in [1.807, 2.05) is 20.8 Å². The van der Waals surface area contributed by atoms with E-state index < -0.39 is 17.4 Å². The molecule has 0 aromatic heterocycles. The maximum absolute atomic E-state index is 12.2. The van der Waals surface area contributed by atoms with Crippen LogP contribution in [-0.4, -0.2) is 47.4 Å². The summed E-state index contributed by atoms with van der Waals surface area (Å²) < 4.78 is 4.64. The van der Waals surface area contributed by atoms with E-state index >= 15 is 0 Å². The lowest BCUT2D eigenvalue weighted by atomic mass is 10.0. The van der Waals surface area contributed by atoms with E-state index in [9.17, 15) is 14.4 Å². The number of nitrogens with zero attached hydrogens (tertiary/aromatic N) is 1. The minimum Gasteiger partial charge on any atom is -0.467 e. The third kappa shape index (κ3) is 3.49. The van der Waals surface area contributed by atoms with Crippen molar-refractivity contribution in [2.24, 2.45) is 5.92 Å². The molecule has 6 nitrogen and oxygen atoms in total. The molecule has 0 aliphatic carbocycles. The van der Waals surface area contributed by atoms with Gasteiger partial charge in [0.05, 0.1) is 13.0 Å². The van der Waals surface area contributed by atoms with Gasteiger partial charge in [-0.2, -0.15) is 0 Å². The third-order valence-corrected chi connectivity index (χ3v) is 3.44. The molecular formula is C14H24N2O4. The zero-order valence-corrected chi connectivity index (χ0v) is 13.1. The Labute approximate surface area is 119 Å². The number of ether oxygens (including phenoxy) is 1. The first-order valence-electron chi connectivity index (χ1n) is 6.70. The molecule has 1 heterocycles. The normalized spacial score (nSPS) is 20.0. The molecule has 0 saturated carbocycles. The van der Waals surface area contributed by atoms with Crippen molar-refractivity contribution in [2.75, 3.05) is 13.7 Å². The van der Waals surface area contributed by atoms with Crippen LogP contribution in [0.4, 0.5) is 0 Å². The smallest absolute Gasteiger partial charge is 0.330 e. The van der Waals surface area contributed by atoms with E-state index in [2.05, 4.69) is 10.1 Å². The van der Waals surface area contributed by atoms with Gasteiger partial charge in [-0.15, -0.1) is 0 Å². The van der Waals surface area contributed by atoms with Gasteiger partial charge in [-0.3, -0.25) is 9.59 Å². The SMILES string of the molecule is COC(=O)C(C)(C)NC(=O)C1CC(=O)N(C(C)(C)C)C1. The van der Waals surface area contributed by atoms with E-state index in [1.54, 1.807) is 18.7 Å². The van der Waals surface area contributed by atoms with Crippen molar-refractivity contribution in [2.45, 2.75) is 52.1 Å². The summed E-state index contributed by atoms with van der Waals surface area (Å²) in [4.78, 5) is 37.4. The zero-order valence-electron chi connectivity index (χ0n) is 13.1. The van der Waals surface area contributed by atoms with Crippen LogP contribution in [0.2, 0.25) is 0 Å². The highest BCUT2D eigenvalue weighted by Crippen LogP contribution is 2.26. The van der Waals surface area contributed by atoms with Crippen LogP contribution in [0.25, 0.3) is 0 Å². The maximum Gasteiger partial charge on any atom is 0.330 e. The maximum atomic E-state index is 12.2. The molecule has 0 bridgehead atoms. The van der Waals surface area contributed by atoms with Gasteiger partial charge in [-0.1, -0.05) is 0 Å². The number of rotatable bonds is 3. The van der Waals surface area contributed by atoms with Crippen LogP contribution < -0.4 is 5.32 Å². The summed E-state index contributed by atoms with van der Waals surface area (Å²) in [7, 11) is 1.27. The molecule has 2 amide bonds. The second-order valence-corrected chi connectivity index (χ2v) is 6.68. The summed E-state index contributed by atoms with van der Waals surface area (Å²) in [5.74, 6) is -1.26. The van der Waals surface area contributed by atoms with Crippen molar-refractivity contribution < 1.29 is 19.1 Å². The van der Waals surface area contributed by atoms with Crippen molar-refractivity contribution in [3.63, 3.8) is 0 Å². The molecule has 1 fully saturated rings. The van der Waals surface area contributed by atoms with Crippen LogP contribution in [0.1, 0.15) is 41.0 Å². The van der Waals surface area contributed by atoms with E-state index in [0.717, 1.165) is 0 Å². The standard InChI is InChI=1S/C14H24N2O4/c1-13(2,3)16-8-9(7-10(16)17)11(18)15-14(4,5)12(19)20-6/h9H,7-8H2,1-6H3,(H,15,18). The lowest BCUT2D eigenvalue weighted by Gasteiger charge is -2.32. The molecule has 1 rings (SSSR count). The molecule has 0 radical (unpaired) electrons. The number of nitrogens with one attached hydrogen (secondary N) is 1. The number of carbonyl (C=O) groups is 3. The van der Waals surface area contributed by atoms with E-state index in [1.165, 1.54) is 7.11 Å². The summed E-state index contributed by atoms with van der Waals surface area (Å²) in [6, 6.07) is 0. The first-order valence-corrected chi connectivity index (χ1v) is 6.70. The van der Waals surface area contributed by atoms with Crippen LogP contribution in [0.3, 0.4) is 0 Å². The van der Waals surface area contributed by atoms with Gasteiger partial charge in [0, 0.05) is 18.5 Å². The van der Waals surface area contributed by atoms with Crippen LogP contribution >= 0.6 is 0 Å². The van der Waals surface area contributed by atoms with Crippen molar-refractivity contribution in [3.8, 4) is 0 Å². The predicted octanol–water partition coefficient (Wildman–Crippen LogP) is 0.701. The van der Waals surface area contributed by atoms with Gasteiger partial charge in [0.15, 0.2) is 0 Å². The molecular weight excluding hydrogens is 260 g/mol. The molecule has 0 aromatic carbocycles. The number of methoxy groups -OCH3 is 1. The lowest BCUT2D eigenvalue weighted by Crippen LogP contribution is -2.52. The molecule has 1 aliphatic rings. The number of amides is 2. The second kappa shape index (κ2) is 5.42. The number of likely N-dealkylation sites (tertiary alicyclic amines) is 1. The van der Waals surface area contributed by atoms with Crippen LogP contribution in [0.5, 0.6) is 0 Å². The molecule has 0 aromatic rings. The largest absolute Gasteiger partial charge is 0.467 e. The fourth-order valence-electron chi connectivity index (χ4n) is 2.25. The molecule has 20 heavy (non-hydrogen) atoms. The highest BCUT2D eigenvalue weighted by molar-refractivity contribution is 5.93. The topological polar surface area (TPSA) is 75.7 Å². The van der Waals surface area contributed by atoms with Crippen molar-refractivity contribution in [3.05, 3.63) is 0 Å². The Bertz CT molecular complexity index is 423. The predicted molar refractivity (Wildman–Crippen MR) is 73.8 cm³/mol. The number of esters is 1. The molecule has 1 aliphatic heterocycles. The third-order valence-electron chi connectivity index (χ3n) is 3.44. The van der Waals surface area contributed by atoms with Gasteiger partial charge in [0.2, 0.25) is 11.8 Å². The lowest BCUT2D eigenvalue weighted by molar-refractivity contribution is -0.149. The van der Waals surface area contributed by atoms with E-state index in [-0.39, 0.29) is 23.8 Å². The fraction of sp³-hybridized carbons (Fsp3) is 0.786. The minimum atomic E-state index is -1.09. The highest BCUT2D eigenvalue weighted by atomic mass is 16.5. The summed E-state index contributed by atoms with van der Waals surface area (Å²) in [6.07, 6.45) is 0.181. The van der Waals surface area contributed by atoms with Crippen LogP contribution in [0, 0.1) is 5.92 Å². The molecule has 1 N–H and O–H groups in total. The molecule has 1 atom stereocenters. The number of hydrogen-bond donors (Lipinski definition) is 1. The molecule has 1 unspecified atom stereocenters. The van der Waals surface area contributed by atoms with Crippen molar-refractivity contribution in [1.82, 2.24) is 10.2 Å². The average Bonchev–Trinajstić information content (AvgIpc) is 2.69. The minimum absolute atomic E-state index is 0.0338. The molecule has 6 heteroatoms. The summed E-state index contributed by atoms with van der Waals surface area (Å²) in [6.45, 7) is 9.34. The Hall–Kier alpha value is -1.59. The Morgan fingerprint density at radius 3 is 2.20 bits per heavy atom. The first kappa shape index (κ1) is 16.5. The Balaban J connectivity index is 2.72. The van der Waals surface area contributed by atoms with Crippen LogP contribution in [-0.2, 0) is 19.1 Å². The van der Waals surface area contributed by atoms with Gasteiger partial charge < -0.3 is 15.0 Å². The van der Waals surface area contributed by atoms with Gasteiger partial charge in [0.1, 0.15) is 5.54 Å². The van der Waals surface area contributed by atoms with Crippen molar-refractivity contribution >= 4 is 17.8 Å². The Morgan fingerprint density at radius 2 is 1.80 bits per heavy atom. The monoisotopic (exact) mass is 284 g/mol. The zero-order chi connectivity index (χ0) is 15.7. The average molecular weight is 284 g/mol. The highest BCUT2D eigenvalue weighted by Gasteiger charge is 2.41. The second-order valence-electron chi connectivity index (χ2n) is 6.68. The number of hydrogen-bond acceptors (Lipinski definition) is 4. The Morgan fingerprint density at radius 1 is 1.25 bits per heavy atom. The molecule has 1 saturated heterocycles. The fourth-order valence-corrected chi connectivity index (χ4v) is 2.25. The first-order chi connectivity index (χ1) is 8.99.